The van der Waals surface area contributed by atoms with Crippen LogP contribution in [0.3, 0.4) is 0 Å². The minimum Gasteiger partial charge on any atom is -0.496 e. The number of pyridine rings is 2. The Morgan fingerprint density at radius 2 is 1.50 bits per heavy atom. The van der Waals surface area contributed by atoms with Crippen LogP contribution in [0.4, 0.5) is 0 Å². The molecule has 0 aliphatic heterocycles. The van der Waals surface area contributed by atoms with Crippen LogP contribution in [0.2, 0.25) is 0 Å². The van der Waals surface area contributed by atoms with E-state index >= 15 is 0 Å². The van der Waals surface area contributed by atoms with Gasteiger partial charge in [0.1, 0.15) is 5.75 Å². The number of methoxy groups -OCH3 is 1. The predicted octanol–water partition coefficient (Wildman–Crippen LogP) is 3.82. The quantitative estimate of drug-likeness (QED) is 0.719. The molecule has 0 aliphatic rings. The largest absolute Gasteiger partial charge is 0.496 e. The Labute approximate surface area is 117 Å². The molecular formula is C17H14N2O. The number of aromatic nitrogens is 2. The van der Waals surface area contributed by atoms with Gasteiger partial charge in [0.2, 0.25) is 0 Å². The number of hydrogen-bond acceptors (Lipinski definition) is 3. The van der Waals surface area contributed by atoms with E-state index in [1.54, 1.807) is 19.5 Å². The first kappa shape index (κ1) is 12.4. The summed E-state index contributed by atoms with van der Waals surface area (Å²) in [5.74, 6) is 0.809. The van der Waals surface area contributed by atoms with E-state index in [4.69, 9.17) is 4.74 Å². The predicted molar refractivity (Wildman–Crippen MR) is 79.5 cm³/mol. The van der Waals surface area contributed by atoms with Gasteiger partial charge < -0.3 is 4.74 Å². The first-order valence-corrected chi connectivity index (χ1v) is 6.39. The molecule has 2 heterocycles. The van der Waals surface area contributed by atoms with Gasteiger partial charge >= 0.3 is 0 Å². The number of benzene rings is 1. The second-order valence-electron chi connectivity index (χ2n) is 4.35. The zero-order chi connectivity index (χ0) is 13.8. The van der Waals surface area contributed by atoms with Gasteiger partial charge in [-0.3, -0.25) is 9.97 Å². The Kier molecular flexibility index (Phi) is 3.42. The molecule has 3 aromatic rings. The number of nitrogens with zero attached hydrogens (tertiary/aromatic N) is 2. The lowest BCUT2D eigenvalue weighted by atomic mass is 10.0. The van der Waals surface area contributed by atoms with E-state index in [0.717, 1.165) is 28.3 Å². The zero-order valence-corrected chi connectivity index (χ0v) is 11.2. The van der Waals surface area contributed by atoms with Crippen LogP contribution in [0.1, 0.15) is 0 Å². The van der Waals surface area contributed by atoms with Crippen LogP contribution in [-0.2, 0) is 0 Å². The third kappa shape index (κ3) is 2.38. The van der Waals surface area contributed by atoms with Crippen molar-refractivity contribution >= 4 is 0 Å². The number of rotatable bonds is 3. The lowest BCUT2D eigenvalue weighted by molar-refractivity contribution is 0.416. The highest BCUT2D eigenvalue weighted by atomic mass is 16.5. The summed E-state index contributed by atoms with van der Waals surface area (Å²) in [6.07, 6.45) is 3.57. The molecule has 0 atom stereocenters. The average Bonchev–Trinajstić information content (AvgIpc) is 2.56. The van der Waals surface area contributed by atoms with Gasteiger partial charge in [0, 0.05) is 23.5 Å². The van der Waals surface area contributed by atoms with E-state index < -0.39 is 0 Å². The molecule has 98 valence electrons. The topological polar surface area (TPSA) is 35.0 Å². The second-order valence-corrected chi connectivity index (χ2v) is 4.35. The number of ether oxygens (including phenoxy) is 1. The van der Waals surface area contributed by atoms with Gasteiger partial charge in [-0.25, -0.2) is 0 Å². The molecule has 3 heteroatoms. The van der Waals surface area contributed by atoms with Crippen LogP contribution < -0.4 is 4.74 Å². The van der Waals surface area contributed by atoms with Crippen molar-refractivity contribution in [3.63, 3.8) is 0 Å². The Morgan fingerprint density at radius 3 is 2.10 bits per heavy atom. The summed E-state index contributed by atoms with van der Waals surface area (Å²) in [6.45, 7) is 0. The minimum atomic E-state index is 0.809. The summed E-state index contributed by atoms with van der Waals surface area (Å²) in [5, 5.41) is 0. The van der Waals surface area contributed by atoms with Crippen molar-refractivity contribution in [1.29, 1.82) is 0 Å². The Bertz CT molecular complexity index is 697. The van der Waals surface area contributed by atoms with E-state index in [2.05, 4.69) is 16.0 Å². The van der Waals surface area contributed by atoms with Gasteiger partial charge in [-0.1, -0.05) is 12.1 Å². The highest BCUT2D eigenvalue weighted by Gasteiger charge is 2.09. The van der Waals surface area contributed by atoms with E-state index in [0.29, 0.717) is 0 Å². The molecule has 0 bridgehead atoms. The molecule has 0 aliphatic carbocycles. The molecule has 0 saturated heterocycles. The lowest BCUT2D eigenvalue weighted by Crippen LogP contribution is -1.91. The van der Waals surface area contributed by atoms with E-state index in [1.807, 2.05) is 48.5 Å². The molecule has 1 aromatic carbocycles. The fourth-order valence-corrected chi connectivity index (χ4v) is 2.12. The van der Waals surface area contributed by atoms with Crippen LogP contribution in [0.25, 0.3) is 22.5 Å². The van der Waals surface area contributed by atoms with Crippen molar-refractivity contribution in [2.75, 3.05) is 7.11 Å². The van der Waals surface area contributed by atoms with Crippen molar-refractivity contribution in [3.05, 3.63) is 67.0 Å². The Morgan fingerprint density at radius 1 is 0.800 bits per heavy atom. The molecule has 2 aromatic heterocycles. The summed E-state index contributed by atoms with van der Waals surface area (Å²) in [7, 11) is 1.67. The van der Waals surface area contributed by atoms with E-state index in [1.165, 1.54) is 0 Å². The van der Waals surface area contributed by atoms with Crippen molar-refractivity contribution in [2.24, 2.45) is 0 Å². The van der Waals surface area contributed by atoms with Crippen molar-refractivity contribution < 1.29 is 4.74 Å². The van der Waals surface area contributed by atoms with Crippen molar-refractivity contribution in [3.8, 4) is 28.3 Å². The highest BCUT2D eigenvalue weighted by Crippen LogP contribution is 2.32. The van der Waals surface area contributed by atoms with Crippen LogP contribution in [0.15, 0.2) is 67.0 Å². The van der Waals surface area contributed by atoms with Crippen molar-refractivity contribution in [2.45, 2.75) is 0 Å². The molecular weight excluding hydrogens is 248 g/mol. The lowest BCUT2D eigenvalue weighted by Gasteiger charge is -2.10. The third-order valence-electron chi connectivity index (χ3n) is 3.10. The van der Waals surface area contributed by atoms with Gasteiger partial charge in [-0.2, -0.15) is 0 Å². The Balaban J connectivity index is 2.13. The summed E-state index contributed by atoms with van der Waals surface area (Å²) in [5.41, 5.74) is 3.85. The molecule has 0 spiro atoms. The van der Waals surface area contributed by atoms with Crippen LogP contribution in [0, 0.1) is 0 Å². The Hall–Kier alpha value is -2.68. The maximum atomic E-state index is 5.43. The molecule has 3 rings (SSSR count). The molecule has 0 N–H and O–H groups in total. The molecule has 0 unspecified atom stereocenters. The summed E-state index contributed by atoms with van der Waals surface area (Å²) in [4.78, 5) is 8.77. The molecule has 20 heavy (non-hydrogen) atoms. The van der Waals surface area contributed by atoms with E-state index in [9.17, 15) is 0 Å². The van der Waals surface area contributed by atoms with E-state index in [-0.39, 0.29) is 0 Å². The summed E-state index contributed by atoms with van der Waals surface area (Å²) >= 11 is 0. The maximum Gasteiger partial charge on any atom is 0.128 e. The van der Waals surface area contributed by atoms with Gasteiger partial charge in [0.05, 0.1) is 18.5 Å². The highest BCUT2D eigenvalue weighted by molar-refractivity contribution is 5.74. The zero-order valence-electron chi connectivity index (χ0n) is 11.2. The second kappa shape index (κ2) is 5.53. The maximum absolute atomic E-state index is 5.43. The summed E-state index contributed by atoms with van der Waals surface area (Å²) in [6, 6.07) is 17.7. The fourth-order valence-electron chi connectivity index (χ4n) is 2.12. The normalized spacial score (nSPS) is 10.2. The molecule has 3 nitrogen and oxygen atoms in total. The molecule has 0 radical (unpaired) electrons. The van der Waals surface area contributed by atoms with Crippen LogP contribution in [-0.4, -0.2) is 17.1 Å². The monoisotopic (exact) mass is 262 g/mol. The van der Waals surface area contributed by atoms with Crippen molar-refractivity contribution in [1.82, 2.24) is 9.97 Å². The van der Waals surface area contributed by atoms with Gasteiger partial charge in [-0.15, -0.1) is 0 Å². The van der Waals surface area contributed by atoms with Crippen LogP contribution in [0.5, 0.6) is 5.75 Å². The van der Waals surface area contributed by atoms with Crippen LogP contribution >= 0.6 is 0 Å². The van der Waals surface area contributed by atoms with Gasteiger partial charge in [0.25, 0.3) is 0 Å². The first-order chi connectivity index (χ1) is 9.88. The smallest absolute Gasteiger partial charge is 0.128 e. The first-order valence-electron chi connectivity index (χ1n) is 6.39. The fraction of sp³-hybridized carbons (Fsp3) is 0.0588. The molecule has 0 saturated carbocycles. The number of hydrogen-bond donors (Lipinski definition) is 0. The van der Waals surface area contributed by atoms with Gasteiger partial charge in [-0.05, 0) is 42.5 Å². The average molecular weight is 262 g/mol. The third-order valence-corrected chi connectivity index (χ3v) is 3.10. The molecule has 0 amide bonds. The minimum absolute atomic E-state index is 0.809. The standard InChI is InChI=1S/C17H14N2O/c1-20-17-9-8-13(15-6-2-4-10-18-15)12-14(17)16-7-3-5-11-19-16/h2-12H,1H3. The SMILES string of the molecule is COc1ccc(-c2ccccn2)cc1-c1ccccn1. The summed E-state index contributed by atoms with van der Waals surface area (Å²) < 4.78 is 5.43. The molecule has 0 fully saturated rings. The van der Waals surface area contributed by atoms with Gasteiger partial charge in [0.15, 0.2) is 0 Å².